The summed E-state index contributed by atoms with van der Waals surface area (Å²) in [5.74, 6) is -1.70. The summed E-state index contributed by atoms with van der Waals surface area (Å²) in [6, 6.07) is 0.920. The van der Waals surface area contributed by atoms with E-state index in [0.29, 0.717) is 13.2 Å². The maximum atomic E-state index is 13.6. The topological polar surface area (TPSA) is 51.4 Å². The van der Waals surface area contributed by atoms with Crippen molar-refractivity contribution in [3.05, 3.63) is 17.7 Å². The normalized spacial score (nSPS) is 17.1. The van der Waals surface area contributed by atoms with Gasteiger partial charge in [-0.25, -0.2) is 13.8 Å². The van der Waals surface area contributed by atoms with Crippen LogP contribution in [0.25, 0.3) is 0 Å². The molecule has 1 aromatic rings. The van der Waals surface area contributed by atoms with E-state index in [1.54, 1.807) is 11.9 Å². The molecule has 1 fully saturated rings. The summed E-state index contributed by atoms with van der Waals surface area (Å²) in [6.45, 7) is 1.29. The Kier molecular flexibility index (Phi) is 3.42. The predicted molar refractivity (Wildman–Crippen MR) is 60.8 cm³/mol. The monoisotopic (exact) mass is 243 g/mol. The van der Waals surface area contributed by atoms with Crippen LogP contribution in [0.2, 0.25) is 0 Å². The molecule has 1 aliphatic heterocycles. The highest BCUT2D eigenvalue weighted by Crippen LogP contribution is 2.24. The van der Waals surface area contributed by atoms with Crippen LogP contribution in [0.3, 0.4) is 0 Å². The summed E-state index contributed by atoms with van der Waals surface area (Å²) < 4.78 is 31.8. The van der Waals surface area contributed by atoms with E-state index in [2.05, 4.69) is 4.98 Å². The van der Waals surface area contributed by atoms with Crippen molar-refractivity contribution >= 4 is 11.6 Å². The molecule has 1 saturated heterocycles. The summed E-state index contributed by atoms with van der Waals surface area (Å²) >= 11 is 0. The van der Waals surface area contributed by atoms with Crippen molar-refractivity contribution in [1.29, 1.82) is 0 Å². The number of aromatic nitrogens is 1. The molecule has 0 atom stereocenters. The molecule has 0 bridgehead atoms. The van der Waals surface area contributed by atoms with Crippen LogP contribution in [0.1, 0.15) is 12.8 Å². The fourth-order valence-electron chi connectivity index (χ4n) is 1.96. The van der Waals surface area contributed by atoms with E-state index in [1.807, 2.05) is 0 Å². The van der Waals surface area contributed by atoms with Crippen molar-refractivity contribution < 1.29 is 13.5 Å². The van der Waals surface area contributed by atoms with Gasteiger partial charge in [0, 0.05) is 32.4 Å². The third kappa shape index (κ3) is 2.46. The zero-order valence-corrected chi connectivity index (χ0v) is 9.62. The van der Waals surface area contributed by atoms with Crippen molar-refractivity contribution in [3.8, 4) is 0 Å². The molecule has 0 unspecified atom stereocenters. The molecule has 0 saturated carbocycles. The van der Waals surface area contributed by atoms with Gasteiger partial charge in [0.2, 0.25) is 0 Å². The second-order valence-corrected chi connectivity index (χ2v) is 4.12. The molecule has 2 N–H and O–H groups in total. The minimum Gasteiger partial charge on any atom is -0.381 e. The van der Waals surface area contributed by atoms with Crippen molar-refractivity contribution in [3.63, 3.8) is 0 Å². The molecule has 0 aliphatic carbocycles. The van der Waals surface area contributed by atoms with Gasteiger partial charge in [0.25, 0.3) is 0 Å². The van der Waals surface area contributed by atoms with Gasteiger partial charge in [-0.15, -0.1) is 0 Å². The van der Waals surface area contributed by atoms with Gasteiger partial charge in [0.15, 0.2) is 23.3 Å². The first-order valence-corrected chi connectivity index (χ1v) is 5.51. The lowest BCUT2D eigenvalue weighted by Gasteiger charge is -2.32. The average Bonchev–Trinajstić information content (AvgIpc) is 2.34. The number of nitrogens with two attached hydrogens (primary N) is 1. The van der Waals surface area contributed by atoms with Gasteiger partial charge in [0.05, 0.1) is 0 Å². The second kappa shape index (κ2) is 4.83. The van der Waals surface area contributed by atoms with E-state index < -0.39 is 11.6 Å². The molecule has 0 amide bonds. The third-order valence-corrected chi connectivity index (χ3v) is 3.01. The van der Waals surface area contributed by atoms with Gasteiger partial charge >= 0.3 is 0 Å². The van der Waals surface area contributed by atoms with E-state index in [4.69, 9.17) is 10.5 Å². The van der Waals surface area contributed by atoms with Crippen LogP contribution in [-0.4, -0.2) is 31.3 Å². The molecule has 6 heteroatoms. The Hall–Kier alpha value is -1.43. The lowest BCUT2D eigenvalue weighted by molar-refractivity contribution is 0.0852. The van der Waals surface area contributed by atoms with E-state index in [9.17, 15) is 8.78 Å². The number of nitrogen functional groups attached to an aromatic ring is 1. The Morgan fingerprint density at radius 2 is 2.00 bits per heavy atom. The maximum absolute atomic E-state index is 13.6. The zero-order valence-electron chi connectivity index (χ0n) is 9.62. The quantitative estimate of drug-likeness (QED) is 0.856. The smallest absolute Gasteiger partial charge is 0.168 e. The molecule has 94 valence electrons. The van der Waals surface area contributed by atoms with Crippen molar-refractivity contribution in [2.24, 2.45) is 0 Å². The summed E-state index contributed by atoms with van der Waals surface area (Å²) in [4.78, 5) is 5.46. The number of ether oxygens (including phenoxy) is 1. The highest BCUT2D eigenvalue weighted by Gasteiger charge is 2.22. The molecule has 17 heavy (non-hydrogen) atoms. The first-order chi connectivity index (χ1) is 8.09. The number of anilines is 2. The SMILES string of the molecule is CN(c1nc(N)c(F)cc1F)C1CCOCC1. The van der Waals surface area contributed by atoms with Crippen LogP contribution in [0, 0.1) is 11.6 Å². The molecule has 0 radical (unpaired) electrons. The largest absolute Gasteiger partial charge is 0.381 e. The van der Waals surface area contributed by atoms with E-state index in [-0.39, 0.29) is 17.7 Å². The zero-order chi connectivity index (χ0) is 12.4. The van der Waals surface area contributed by atoms with E-state index in [0.717, 1.165) is 18.9 Å². The van der Waals surface area contributed by atoms with Crippen LogP contribution in [0.15, 0.2) is 6.07 Å². The van der Waals surface area contributed by atoms with E-state index >= 15 is 0 Å². The van der Waals surface area contributed by atoms with Gasteiger partial charge < -0.3 is 15.4 Å². The lowest BCUT2D eigenvalue weighted by Crippen LogP contribution is -2.37. The standard InChI is InChI=1S/C11H15F2N3O/c1-16(7-2-4-17-5-3-7)11-9(13)6-8(12)10(14)15-11/h6-7H,2-5H2,1H3,(H2,14,15). The van der Waals surface area contributed by atoms with Crippen LogP contribution in [-0.2, 0) is 4.74 Å². The number of rotatable bonds is 2. The average molecular weight is 243 g/mol. The molecule has 1 aliphatic rings. The van der Waals surface area contributed by atoms with Crippen molar-refractivity contribution in [2.45, 2.75) is 18.9 Å². The van der Waals surface area contributed by atoms with Gasteiger partial charge in [-0.1, -0.05) is 0 Å². The van der Waals surface area contributed by atoms with Crippen LogP contribution in [0.4, 0.5) is 20.4 Å². The summed E-state index contributed by atoms with van der Waals surface area (Å²) in [5.41, 5.74) is 5.35. The molecule has 2 heterocycles. The second-order valence-electron chi connectivity index (χ2n) is 4.12. The minimum atomic E-state index is -0.827. The first kappa shape index (κ1) is 12.0. The Morgan fingerprint density at radius 3 is 2.65 bits per heavy atom. The lowest BCUT2D eigenvalue weighted by atomic mass is 10.1. The summed E-state index contributed by atoms with van der Waals surface area (Å²) in [5, 5.41) is 0. The number of pyridine rings is 1. The Labute approximate surface area is 98.4 Å². The summed E-state index contributed by atoms with van der Waals surface area (Å²) in [6.07, 6.45) is 1.60. The van der Waals surface area contributed by atoms with Crippen LogP contribution >= 0.6 is 0 Å². The minimum absolute atomic E-state index is 0.0933. The van der Waals surface area contributed by atoms with E-state index in [1.165, 1.54) is 0 Å². The number of hydrogen-bond acceptors (Lipinski definition) is 4. The van der Waals surface area contributed by atoms with Crippen LogP contribution in [0.5, 0.6) is 0 Å². The van der Waals surface area contributed by atoms with Gasteiger partial charge in [-0.3, -0.25) is 0 Å². The summed E-state index contributed by atoms with van der Waals surface area (Å²) in [7, 11) is 1.73. The van der Waals surface area contributed by atoms with Crippen molar-refractivity contribution in [1.82, 2.24) is 4.98 Å². The molecule has 1 aromatic heterocycles. The van der Waals surface area contributed by atoms with Crippen molar-refractivity contribution in [2.75, 3.05) is 30.9 Å². The number of hydrogen-bond donors (Lipinski definition) is 1. The molecular weight excluding hydrogens is 228 g/mol. The van der Waals surface area contributed by atoms with Gasteiger partial charge in [-0.2, -0.15) is 0 Å². The number of nitrogens with zero attached hydrogens (tertiary/aromatic N) is 2. The molecule has 0 spiro atoms. The van der Waals surface area contributed by atoms with Gasteiger partial charge in [-0.05, 0) is 12.8 Å². The maximum Gasteiger partial charge on any atom is 0.168 e. The molecule has 0 aromatic carbocycles. The molecular formula is C11H15F2N3O. The first-order valence-electron chi connectivity index (χ1n) is 5.51. The predicted octanol–water partition coefficient (Wildman–Crippen LogP) is 1.56. The van der Waals surface area contributed by atoms with Gasteiger partial charge in [0.1, 0.15) is 0 Å². The third-order valence-electron chi connectivity index (χ3n) is 3.01. The highest BCUT2D eigenvalue weighted by molar-refractivity contribution is 5.47. The fourth-order valence-corrected chi connectivity index (χ4v) is 1.96. The fraction of sp³-hybridized carbons (Fsp3) is 0.545. The molecule has 2 rings (SSSR count). The number of halogens is 2. The Balaban J connectivity index is 2.23. The Morgan fingerprint density at radius 1 is 1.35 bits per heavy atom. The molecule has 4 nitrogen and oxygen atoms in total. The highest BCUT2D eigenvalue weighted by atomic mass is 19.1. The Bertz CT molecular complexity index is 408. The van der Waals surface area contributed by atoms with Crippen LogP contribution < -0.4 is 10.6 Å².